The Hall–Kier alpha value is -4.62. The average molecular weight is 448 g/mol. The van der Waals surface area contributed by atoms with Crippen LogP contribution in [0.2, 0.25) is 0 Å². The van der Waals surface area contributed by atoms with Gasteiger partial charge in [0, 0.05) is 16.9 Å². The van der Waals surface area contributed by atoms with Gasteiger partial charge in [-0.3, -0.25) is 0 Å². The largest absolute Gasteiger partial charge is 0.310 e. The molecule has 0 amide bonds. The Bertz CT molecular complexity index is 1530. The summed E-state index contributed by atoms with van der Waals surface area (Å²) in [4.78, 5) is 2.35. The van der Waals surface area contributed by atoms with Crippen LogP contribution in [0.3, 0.4) is 0 Å². The van der Waals surface area contributed by atoms with Gasteiger partial charge < -0.3 is 4.90 Å². The lowest BCUT2D eigenvalue weighted by atomic mass is 9.95. The van der Waals surface area contributed by atoms with Gasteiger partial charge in [0.25, 0.3) is 0 Å². The molecule has 0 bridgehead atoms. The van der Waals surface area contributed by atoms with E-state index in [4.69, 9.17) is 0 Å². The van der Waals surface area contributed by atoms with Crippen LogP contribution in [-0.2, 0) is 0 Å². The molecule has 35 heavy (non-hydrogen) atoms. The number of hydrogen-bond acceptors (Lipinski definition) is 1. The van der Waals surface area contributed by atoms with E-state index in [0.29, 0.717) is 0 Å². The predicted molar refractivity (Wildman–Crippen MR) is 150 cm³/mol. The Labute approximate surface area is 206 Å². The number of benzene rings is 6. The quantitative estimate of drug-likeness (QED) is 0.254. The molecule has 0 aliphatic carbocycles. The van der Waals surface area contributed by atoms with Crippen molar-refractivity contribution in [3.8, 4) is 22.3 Å². The third-order valence-electron chi connectivity index (χ3n) is 6.44. The van der Waals surface area contributed by atoms with Gasteiger partial charge >= 0.3 is 0 Å². The fraction of sp³-hybridized carbons (Fsp3) is 0. The minimum absolute atomic E-state index is 1.13. The number of hydrogen-bond donors (Lipinski definition) is 0. The summed E-state index contributed by atoms with van der Waals surface area (Å²) in [7, 11) is 0. The van der Waals surface area contributed by atoms with E-state index < -0.39 is 0 Å². The molecule has 6 aromatic carbocycles. The Morgan fingerprint density at radius 2 is 0.857 bits per heavy atom. The van der Waals surface area contributed by atoms with Gasteiger partial charge in [0.1, 0.15) is 0 Å². The van der Waals surface area contributed by atoms with E-state index in [1.807, 2.05) is 0 Å². The van der Waals surface area contributed by atoms with Crippen molar-refractivity contribution in [1.29, 1.82) is 0 Å². The molecule has 1 nitrogen and oxygen atoms in total. The van der Waals surface area contributed by atoms with Gasteiger partial charge in [-0.15, -0.1) is 0 Å². The highest BCUT2D eigenvalue weighted by Gasteiger charge is 2.18. The van der Waals surface area contributed by atoms with E-state index >= 15 is 0 Å². The average Bonchev–Trinajstić information content (AvgIpc) is 2.94. The molecule has 0 radical (unpaired) electrons. The second kappa shape index (κ2) is 9.32. The van der Waals surface area contributed by atoms with E-state index in [1.54, 1.807) is 0 Å². The van der Waals surface area contributed by atoms with E-state index in [9.17, 15) is 0 Å². The lowest BCUT2D eigenvalue weighted by Crippen LogP contribution is -2.11. The van der Waals surface area contributed by atoms with Crippen LogP contribution in [0.4, 0.5) is 17.1 Å². The second-order valence-electron chi connectivity index (χ2n) is 8.67. The molecule has 0 aromatic heterocycles. The molecule has 0 heterocycles. The third-order valence-corrected chi connectivity index (χ3v) is 6.44. The van der Waals surface area contributed by atoms with Crippen molar-refractivity contribution in [3.63, 3.8) is 0 Å². The fourth-order valence-electron chi connectivity index (χ4n) is 4.71. The molecule has 0 saturated carbocycles. The molecular weight excluding hydrogens is 422 g/mol. The van der Waals surface area contributed by atoms with Crippen molar-refractivity contribution in [2.45, 2.75) is 0 Å². The zero-order valence-electron chi connectivity index (χ0n) is 19.4. The van der Waals surface area contributed by atoms with Crippen molar-refractivity contribution in [3.05, 3.63) is 152 Å². The molecule has 0 spiro atoms. The second-order valence-corrected chi connectivity index (χ2v) is 8.67. The van der Waals surface area contributed by atoms with Crippen LogP contribution in [0.25, 0.3) is 33.0 Å². The van der Waals surface area contributed by atoms with E-state index in [-0.39, 0.29) is 0 Å². The van der Waals surface area contributed by atoms with Gasteiger partial charge in [-0.1, -0.05) is 115 Å². The number of fused-ring (bicyclic) bond motifs is 1. The molecule has 6 aromatic rings. The maximum Gasteiger partial charge on any atom is 0.0546 e. The van der Waals surface area contributed by atoms with E-state index in [1.165, 1.54) is 33.0 Å². The van der Waals surface area contributed by atoms with Crippen molar-refractivity contribution in [2.24, 2.45) is 0 Å². The predicted octanol–water partition coefficient (Wildman–Crippen LogP) is 9.64. The Kier molecular flexibility index (Phi) is 5.58. The van der Waals surface area contributed by atoms with Crippen LogP contribution in [0, 0.1) is 0 Å². The third kappa shape index (κ3) is 4.20. The molecule has 0 aliphatic rings. The van der Waals surface area contributed by atoms with Crippen LogP contribution in [0.15, 0.2) is 152 Å². The van der Waals surface area contributed by atoms with Crippen LogP contribution < -0.4 is 4.90 Å². The van der Waals surface area contributed by atoms with E-state index in [2.05, 4.69) is 157 Å². The summed E-state index contributed by atoms with van der Waals surface area (Å²) >= 11 is 0. The van der Waals surface area contributed by atoms with Crippen LogP contribution in [0.5, 0.6) is 0 Å². The first-order valence-corrected chi connectivity index (χ1v) is 12.0. The first-order chi connectivity index (χ1) is 17.4. The van der Waals surface area contributed by atoms with Crippen molar-refractivity contribution < 1.29 is 0 Å². The van der Waals surface area contributed by atoms with E-state index in [0.717, 1.165) is 17.1 Å². The minimum Gasteiger partial charge on any atom is -0.310 e. The zero-order valence-corrected chi connectivity index (χ0v) is 19.4. The molecule has 0 unspecified atom stereocenters. The molecule has 1 heteroatoms. The first kappa shape index (κ1) is 20.9. The molecular formula is C34H25N. The van der Waals surface area contributed by atoms with Gasteiger partial charge in [-0.05, 0) is 63.9 Å². The molecule has 0 aliphatic heterocycles. The lowest BCUT2D eigenvalue weighted by Gasteiger charge is -2.28. The highest BCUT2D eigenvalue weighted by molar-refractivity contribution is 5.92. The first-order valence-electron chi connectivity index (χ1n) is 12.0. The standard InChI is InChI=1S/C34H25N/c1-4-13-27(14-5-1)33-23-22-30(29-21-20-26-12-10-11-15-28(26)24-29)25-34(33)35(31-16-6-2-7-17-31)32-18-8-3-9-19-32/h1-25H. The summed E-state index contributed by atoms with van der Waals surface area (Å²) in [5.41, 5.74) is 8.22. The van der Waals surface area contributed by atoms with Gasteiger partial charge in [0.2, 0.25) is 0 Å². The molecule has 166 valence electrons. The molecule has 0 atom stereocenters. The Balaban J connectivity index is 1.59. The van der Waals surface area contributed by atoms with Crippen molar-refractivity contribution in [1.82, 2.24) is 0 Å². The van der Waals surface area contributed by atoms with Gasteiger partial charge in [-0.25, -0.2) is 0 Å². The van der Waals surface area contributed by atoms with Gasteiger partial charge in [0.15, 0.2) is 0 Å². The summed E-state index contributed by atoms with van der Waals surface area (Å²) in [5.74, 6) is 0. The maximum absolute atomic E-state index is 2.35. The van der Waals surface area contributed by atoms with Crippen LogP contribution in [0.1, 0.15) is 0 Å². The van der Waals surface area contributed by atoms with Crippen LogP contribution in [-0.4, -0.2) is 0 Å². The van der Waals surface area contributed by atoms with Crippen molar-refractivity contribution in [2.75, 3.05) is 4.90 Å². The SMILES string of the molecule is c1ccc(-c2ccc(-c3ccc4ccccc4c3)cc2N(c2ccccc2)c2ccccc2)cc1. The highest BCUT2D eigenvalue weighted by Crippen LogP contribution is 2.42. The monoisotopic (exact) mass is 447 g/mol. The summed E-state index contributed by atoms with van der Waals surface area (Å²) in [5, 5.41) is 2.51. The molecule has 0 N–H and O–H groups in total. The summed E-state index contributed by atoms with van der Waals surface area (Å²) in [6, 6.07) is 53.9. The minimum atomic E-state index is 1.13. The number of rotatable bonds is 5. The summed E-state index contributed by atoms with van der Waals surface area (Å²) in [6.07, 6.45) is 0. The molecule has 6 rings (SSSR count). The highest BCUT2D eigenvalue weighted by atomic mass is 15.1. The Morgan fingerprint density at radius 3 is 1.51 bits per heavy atom. The smallest absolute Gasteiger partial charge is 0.0546 e. The zero-order chi connectivity index (χ0) is 23.5. The molecule has 0 saturated heterocycles. The number of nitrogens with zero attached hydrogens (tertiary/aromatic N) is 1. The summed E-state index contributed by atoms with van der Waals surface area (Å²) in [6.45, 7) is 0. The van der Waals surface area contributed by atoms with Crippen LogP contribution >= 0.6 is 0 Å². The lowest BCUT2D eigenvalue weighted by molar-refractivity contribution is 1.28. The normalized spacial score (nSPS) is 10.9. The Morgan fingerprint density at radius 1 is 0.343 bits per heavy atom. The number of anilines is 3. The number of para-hydroxylation sites is 2. The van der Waals surface area contributed by atoms with Gasteiger partial charge in [0.05, 0.1) is 5.69 Å². The molecule has 0 fully saturated rings. The topological polar surface area (TPSA) is 3.24 Å². The maximum atomic E-state index is 2.35. The summed E-state index contributed by atoms with van der Waals surface area (Å²) < 4.78 is 0. The van der Waals surface area contributed by atoms with Gasteiger partial charge in [-0.2, -0.15) is 0 Å². The fourth-order valence-corrected chi connectivity index (χ4v) is 4.71. The van der Waals surface area contributed by atoms with Crippen molar-refractivity contribution >= 4 is 27.8 Å².